The van der Waals surface area contributed by atoms with E-state index in [1.54, 1.807) is 0 Å². The van der Waals surface area contributed by atoms with Crippen molar-refractivity contribution < 1.29 is 14.3 Å². The summed E-state index contributed by atoms with van der Waals surface area (Å²) in [7, 11) is 0. The van der Waals surface area contributed by atoms with Crippen LogP contribution in [0.5, 0.6) is 0 Å². The minimum atomic E-state index is -0.0896. The Bertz CT molecular complexity index is 725. The van der Waals surface area contributed by atoms with Gasteiger partial charge in [-0.15, -0.1) is 0 Å². The number of unbranched alkanes of at least 4 members (excludes halogenated alkanes) is 1. The number of nitrogens with one attached hydrogen (secondary N) is 1. The fraction of sp³-hybridized carbons (Fsp3) is 0.565. The zero-order chi connectivity index (χ0) is 21.1. The van der Waals surface area contributed by atoms with E-state index in [-0.39, 0.29) is 11.9 Å². The highest BCUT2D eigenvalue weighted by Crippen LogP contribution is 2.20. The zero-order valence-electron chi connectivity index (χ0n) is 18.2. The van der Waals surface area contributed by atoms with Gasteiger partial charge >= 0.3 is 0 Å². The Hall–Kier alpha value is -2.18. The lowest BCUT2D eigenvalue weighted by Gasteiger charge is -2.13. The molecule has 1 heterocycles. The second-order valence-electron chi connectivity index (χ2n) is 7.54. The summed E-state index contributed by atoms with van der Waals surface area (Å²) in [5.41, 5.74) is 2.99. The summed E-state index contributed by atoms with van der Waals surface area (Å²) in [4.78, 5) is 12.3. The molecule has 1 amide bonds. The van der Waals surface area contributed by atoms with E-state index in [1.165, 1.54) is 5.56 Å². The molecule has 0 saturated heterocycles. The summed E-state index contributed by atoms with van der Waals surface area (Å²) in [6.45, 7) is 11.5. The van der Waals surface area contributed by atoms with Crippen LogP contribution in [-0.2, 0) is 9.47 Å². The lowest BCUT2D eigenvalue weighted by atomic mass is 10.1. The Morgan fingerprint density at radius 1 is 1.03 bits per heavy atom. The van der Waals surface area contributed by atoms with Crippen molar-refractivity contribution in [1.29, 1.82) is 0 Å². The monoisotopic (exact) mass is 401 g/mol. The van der Waals surface area contributed by atoms with Crippen molar-refractivity contribution in [3.63, 3.8) is 0 Å². The van der Waals surface area contributed by atoms with E-state index in [9.17, 15) is 4.79 Å². The molecule has 0 bridgehead atoms. The third-order valence-electron chi connectivity index (χ3n) is 4.89. The number of ether oxygens (including phenoxy) is 2. The van der Waals surface area contributed by atoms with Crippen LogP contribution in [0.15, 0.2) is 36.7 Å². The van der Waals surface area contributed by atoms with Gasteiger partial charge in [-0.1, -0.05) is 39.3 Å². The van der Waals surface area contributed by atoms with Crippen molar-refractivity contribution in [3.05, 3.63) is 53.3 Å². The molecular formula is C23H35N3O3. The summed E-state index contributed by atoms with van der Waals surface area (Å²) in [5, 5.41) is 7.36. The standard InChI is InChI=1S/C23H35N3O3/c1-5-6-12-28-14-15-29-13-11-24-23(27)21-9-7-20(8-10-21)19(4)26-17-22(16-25-26)18(2)3/h7-10,16-19H,5-6,11-15H2,1-4H3,(H,24,27). The predicted molar refractivity (Wildman–Crippen MR) is 115 cm³/mol. The molecule has 1 aromatic heterocycles. The van der Waals surface area contributed by atoms with E-state index in [4.69, 9.17) is 9.47 Å². The van der Waals surface area contributed by atoms with Gasteiger partial charge in [0.15, 0.2) is 0 Å². The summed E-state index contributed by atoms with van der Waals surface area (Å²) in [5.74, 6) is 0.368. The van der Waals surface area contributed by atoms with Gasteiger partial charge in [0, 0.05) is 24.9 Å². The number of carbonyl (C=O) groups is 1. The summed E-state index contributed by atoms with van der Waals surface area (Å²) in [6.07, 6.45) is 6.22. The Labute approximate surface area is 174 Å². The summed E-state index contributed by atoms with van der Waals surface area (Å²) < 4.78 is 12.9. The number of amides is 1. The molecule has 6 nitrogen and oxygen atoms in total. The Morgan fingerprint density at radius 2 is 1.72 bits per heavy atom. The molecule has 29 heavy (non-hydrogen) atoms. The fourth-order valence-electron chi connectivity index (χ4n) is 2.84. The molecule has 1 aromatic carbocycles. The van der Waals surface area contributed by atoms with E-state index in [2.05, 4.69) is 44.3 Å². The smallest absolute Gasteiger partial charge is 0.251 e. The number of nitrogens with zero attached hydrogens (tertiary/aromatic N) is 2. The van der Waals surface area contributed by atoms with Crippen molar-refractivity contribution in [3.8, 4) is 0 Å². The predicted octanol–water partition coefficient (Wildman–Crippen LogP) is 4.18. The minimum Gasteiger partial charge on any atom is -0.379 e. The second-order valence-corrected chi connectivity index (χ2v) is 7.54. The number of carbonyl (C=O) groups excluding carboxylic acids is 1. The highest BCUT2D eigenvalue weighted by atomic mass is 16.5. The Kier molecular flexibility index (Phi) is 9.88. The second kappa shape index (κ2) is 12.4. The first-order valence-corrected chi connectivity index (χ1v) is 10.6. The first-order valence-electron chi connectivity index (χ1n) is 10.6. The first-order chi connectivity index (χ1) is 14.0. The molecule has 1 unspecified atom stereocenters. The van der Waals surface area contributed by atoms with Crippen LogP contribution in [0, 0.1) is 0 Å². The molecule has 1 N–H and O–H groups in total. The molecule has 6 heteroatoms. The SMILES string of the molecule is CCCCOCCOCCNC(=O)c1ccc(C(C)n2cc(C(C)C)cn2)cc1. The van der Waals surface area contributed by atoms with Crippen LogP contribution in [0.25, 0.3) is 0 Å². The summed E-state index contributed by atoms with van der Waals surface area (Å²) in [6, 6.07) is 7.81. The van der Waals surface area contributed by atoms with Crippen LogP contribution in [0.2, 0.25) is 0 Å². The van der Waals surface area contributed by atoms with Crippen LogP contribution in [0.3, 0.4) is 0 Å². The maximum absolute atomic E-state index is 12.3. The van der Waals surface area contributed by atoms with Gasteiger partial charge in [-0.05, 0) is 42.5 Å². The maximum Gasteiger partial charge on any atom is 0.251 e. The highest BCUT2D eigenvalue weighted by molar-refractivity contribution is 5.94. The number of aromatic nitrogens is 2. The van der Waals surface area contributed by atoms with Crippen LogP contribution in [-0.4, -0.2) is 48.7 Å². The minimum absolute atomic E-state index is 0.0896. The fourth-order valence-corrected chi connectivity index (χ4v) is 2.84. The lowest BCUT2D eigenvalue weighted by molar-refractivity contribution is 0.0472. The molecule has 1 atom stereocenters. The number of benzene rings is 1. The van der Waals surface area contributed by atoms with Gasteiger partial charge in [0.25, 0.3) is 5.91 Å². The average molecular weight is 402 g/mol. The average Bonchev–Trinajstić information content (AvgIpc) is 3.22. The Morgan fingerprint density at radius 3 is 2.34 bits per heavy atom. The van der Waals surface area contributed by atoms with Crippen molar-refractivity contribution in [2.24, 2.45) is 0 Å². The van der Waals surface area contributed by atoms with Crippen molar-refractivity contribution in [1.82, 2.24) is 15.1 Å². The van der Waals surface area contributed by atoms with Gasteiger partial charge < -0.3 is 14.8 Å². The van der Waals surface area contributed by atoms with Gasteiger partial charge in [0.1, 0.15) is 0 Å². The molecule has 0 fully saturated rings. The van der Waals surface area contributed by atoms with Crippen molar-refractivity contribution in [2.45, 2.75) is 52.5 Å². The normalized spacial score (nSPS) is 12.3. The van der Waals surface area contributed by atoms with E-state index < -0.39 is 0 Å². The van der Waals surface area contributed by atoms with Gasteiger partial charge in [-0.3, -0.25) is 9.48 Å². The molecule has 0 aliphatic heterocycles. The van der Waals surface area contributed by atoms with E-state index >= 15 is 0 Å². The number of rotatable bonds is 13. The van der Waals surface area contributed by atoms with Gasteiger partial charge in [-0.25, -0.2) is 0 Å². The van der Waals surface area contributed by atoms with E-state index in [0.29, 0.717) is 37.8 Å². The molecule has 0 aliphatic carbocycles. The van der Waals surface area contributed by atoms with Gasteiger partial charge in [0.05, 0.1) is 32.1 Å². The first kappa shape index (κ1) is 23.1. The maximum atomic E-state index is 12.3. The topological polar surface area (TPSA) is 65.4 Å². The lowest BCUT2D eigenvalue weighted by Crippen LogP contribution is -2.27. The third-order valence-corrected chi connectivity index (χ3v) is 4.89. The molecule has 160 valence electrons. The van der Waals surface area contributed by atoms with E-state index in [0.717, 1.165) is 25.0 Å². The largest absolute Gasteiger partial charge is 0.379 e. The van der Waals surface area contributed by atoms with Crippen LogP contribution in [0.4, 0.5) is 0 Å². The number of hydrogen-bond acceptors (Lipinski definition) is 4. The molecule has 2 rings (SSSR count). The van der Waals surface area contributed by atoms with Crippen LogP contribution >= 0.6 is 0 Å². The van der Waals surface area contributed by atoms with Crippen molar-refractivity contribution in [2.75, 3.05) is 33.0 Å². The van der Waals surface area contributed by atoms with Gasteiger partial charge in [0.2, 0.25) is 0 Å². The highest BCUT2D eigenvalue weighted by Gasteiger charge is 2.12. The molecular weight excluding hydrogens is 366 g/mol. The molecule has 0 radical (unpaired) electrons. The number of hydrogen-bond donors (Lipinski definition) is 1. The molecule has 0 saturated carbocycles. The zero-order valence-corrected chi connectivity index (χ0v) is 18.2. The van der Waals surface area contributed by atoms with Crippen LogP contribution < -0.4 is 5.32 Å². The van der Waals surface area contributed by atoms with Crippen molar-refractivity contribution >= 4 is 5.91 Å². The molecule has 0 aliphatic rings. The third kappa shape index (κ3) is 7.63. The van der Waals surface area contributed by atoms with Gasteiger partial charge in [-0.2, -0.15) is 5.10 Å². The van der Waals surface area contributed by atoms with Crippen LogP contribution in [0.1, 0.15) is 74.0 Å². The summed E-state index contributed by atoms with van der Waals surface area (Å²) >= 11 is 0. The molecule has 0 spiro atoms. The van der Waals surface area contributed by atoms with E-state index in [1.807, 2.05) is 35.1 Å². The Balaban J connectivity index is 1.72. The molecule has 2 aromatic rings. The quantitative estimate of drug-likeness (QED) is 0.512.